The van der Waals surface area contributed by atoms with Gasteiger partial charge in [0.2, 0.25) is 0 Å². The van der Waals surface area contributed by atoms with Gasteiger partial charge >= 0.3 is 5.69 Å². The molecule has 0 saturated carbocycles. The number of fused-ring (bicyclic) bond motifs is 1. The van der Waals surface area contributed by atoms with E-state index in [0.717, 1.165) is 0 Å². The number of hydrogen-bond donors (Lipinski definition) is 2. The number of halogens is 1. The standard InChI is InChI=1S/C21H18FN3O3S/c1-12-10-23-21(27)25(12)16-8-4-3-7-15(16)24-20(26)19-13(11-28-2)18-14(22)6-5-9-17(18)29-19/h3-10H,11H2,1-2H3,(H,23,27)(H,24,26). The highest BCUT2D eigenvalue weighted by Gasteiger charge is 2.22. The van der Waals surface area contributed by atoms with Gasteiger partial charge in [0, 0.05) is 34.7 Å². The average Bonchev–Trinajstić information content (AvgIpc) is 3.24. The molecule has 0 unspecified atom stereocenters. The van der Waals surface area contributed by atoms with E-state index in [1.54, 1.807) is 49.5 Å². The van der Waals surface area contributed by atoms with Crippen molar-refractivity contribution in [2.45, 2.75) is 13.5 Å². The Kier molecular flexibility index (Phi) is 5.04. The van der Waals surface area contributed by atoms with Gasteiger partial charge in [-0.25, -0.2) is 9.18 Å². The smallest absolute Gasteiger partial charge is 0.330 e. The Morgan fingerprint density at radius 1 is 1.24 bits per heavy atom. The Balaban J connectivity index is 1.78. The summed E-state index contributed by atoms with van der Waals surface area (Å²) in [5.41, 5.74) is 1.94. The molecule has 0 atom stereocenters. The van der Waals surface area contributed by atoms with Gasteiger partial charge in [-0.05, 0) is 31.2 Å². The molecule has 2 aromatic heterocycles. The summed E-state index contributed by atoms with van der Waals surface area (Å²) in [5.74, 6) is -0.772. The Morgan fingerprint density at radius 3 is 2.76 bits per heavy atom. The summed E-state index contributed by atoms with van der Waals surface area (Å²) < 4.78 is 21.8. The van der Waals surface area contributed by atoms with Gasteiger partial charge in [0.1, 0.15) is 5.82 Å². The molecule has 2 N–H and O–H groups in total. The van der Waals surface area contributed by atoms with Crippen molar-refractivity contribution in [1.29, 1.82) is 0 Å². The van der Waals surface area contributed by atoms with Crippen molar-refractivity contribution in [2.24, 2.45) is 0 Å². The minimum absolute atomic E-state index is 0.113. The second-order valence-electron chi connectivity index (χ2n) is 6.50. The topological polar surface area (TPSA) is 76.1 Å². The third kappa shape index (κ3) is 3.37. The number of aromatic amines is 1. The number of ether oxygens (including phenoxy) is 1. The quantitative estimate of drug-likeness (QED) is 0.516. The van der Waals surface area contributed by atoms with Gasteiger partial charge in [-0.1, -0.05) is 18.2 Å². The summed E-state index contributed by atoms with van der Waals surface area (Å²) in [7, 11) is 1.50. The van der Waals surface area contributed by atoms with Gasteiger partial charge in [-0.3, -0.25) is 9.36 Å². The van der Waals surface area contributed by atoms with Crippen molar-refractivity contribution in [2.75, 3.05) is 12.4 Å². The normalized spacial score (nSPS) is 11.1. The fourth-order valence-corrected chi connectivity index (χ4v) is 4.46. The molecule has 0 aliphatic carbocycles. The molecular weight excluding hydrogens is 393 g/mol. The fourth-order valence-electron chi connectivity index (χ4n) is 3.34. The molecule has 0 bridgehead atoms. The first-order valence-corrected chi connectivity index (χ1v) is 9.69. The third-order valence-corrected chi connectivity index (χ3v) is 5.81. The molecule has 0 fully saturated rings. The molecule has 2 heterocycles. The number of nitrogens with zero attached hydrogens (tertiary/aromatic N) is 1. The summed E-state index contributed by atoms with van der Waals surface area (Å²) in [4.78, 5) is 28.3. The zero-order valence-electron chi connectivity index (χ0n) is 15.8. The number of nitrogens with one attached hydrogen (secondary N) is 2. The maximum Gasteiger partial charge on any atom is 0.330 e. The van der Waals surface area contributed by atoms with E-state index < -0.39 is 0 Å². The summed E-state index contributed by atoms with van der Waals surface area (Å²) in [6.07, 6.45) is 1.60. The molecule has 0 aliphatic rings. The van der Waals surface area contributed by atoms with E-state index in [9.17, 15) is 14.0 Å². The molecule has 6 nitrogen and oxygen atoms in total. The highest BCUT2D eigenvalue weighted by atomic mass is 32.1. The first-order valence-electron chi connectivity index (χ1n) is 8.88. The zero-order chi connectivity index (χ0) is 20.5. The van der Waals surface area contributed by atoms with Crippen LogP contribution in [0, 0.1) is 12.7 Å². The maximum atomic E-state index is 14.4. The number of para-hydroxylation sites is 2. The summed E-state index contributed by atoms with van der Waals surface area (Å²) >= 11 is 1.21. The summed E-state index contributed by atoms with van der Waals surface area (Å²) in [5, 5.41) is 3.27. The molecule has 1 amide bonds. The molecule has 148 valence electrons. The van der Waals surface area contributed by atoms with Crippen LogP contribution in [0.15, 0.2) is 53.5 Å². The van der Waals surface area contributed by atoms with E-state index in [4.69, 9.17) is 4.74 Å². The molecule has 0 aliphatic heterocycles. The average molecular weight is 411 g/mol. The van der Waals surface area contributed by atoms with Crippen LogP contribution in [0.1, 0.15) is 20.9 Å². The van der Waals surface area contributed by atoms with Crippen LogP contribution in [0.5, 0.6) is 0 Å². The highest BCUT2D eigenvalue weighted by Crippen LogP contribution is 2.34. The first-order chi connectivity index (χ1) is 14.0. The molecule has 0 spiro atoms. The lowest BCUT2D eigenvalue weighted by Crippen LogP contribution is -2.19. The molecule has 0 radical (unpaired) electrons. The summed E-state index contributed by atoms with van der Waals surface area (Å²) in [6, 6.07) is 11.8. The van der Waals surface area contributed by atoms with Crippen molar-refractivity contribution in [1.82, 2.24) is 9.55 Å². The van der Waals surface area contributed by atoms with Crippen LogP contribution in [0.25, 0.3) is 15.8 Å². The number of benzene rings is 2. The molecule has 2 aromatic carbocycles. The molecule has 0 saturated heterocycles. The van der Waals surface area contributed by atoms with Gasteiger partial charge in [-0.2, -0.15) is 0 Å². The van der Waals surface area contributed by atoms with Crippen LogP contribution in [-0.2, 0) is 11.3 Å². The van der Waals surface area contributed by atoms with Crippen LogP contribution < -0.4 is 11.0 Å². The molecule has 4 aromatic rings. The molecule has 29 heavy (non-hydrogen) atoms. The summed E-state index contributed by atoms with van der Waals surface area (Å²) in [6.45, 7) is 1.91. The number of rotatable bonds is 5. The van der Waals surface area contributed by atoms with Gasteiger partial charge in [0.25, 0.3) is 5.91 Å². The highest BCUT2D eigenvalue weighted by molar-refractivity contribution is 7.21. The zero-order valence-corrected chi connectivity index (χ0v) is 16.6. The minimum Gasteiger partial charge on any atom is -0.380 e. The Hall–Kier alpha value is -3.23. The third-order valence-electron chi connectivity index (χ3n) is 4.61. The number of aryl methyl sites for hydroxylation is 1. The molecule has 8 heteroatoms. The lowest BCUT2D eigenvalue weighted by molar-refractivity contribution is 0.102. The van der Waals surface area contributed by atoms with Crippen LogP contribution in [0.4, 0.5) is 10.1 Å². The van der Waals surface area contributed by atoms with Crippen molar-refractivity contribution in [3.8, 4) is 5.69 Å². The lowest BCUT2D eigenvalue weighted by Gasteiger charge is -2.12. The van der Waals surface area contributed by atoms with E-state index in [1.807, 2.05) is 0 Å². The van der Waals surface area contributed by atoms with E-state index >= 15 is 0 Å². The Labute approximate surface area is 169 Å². The van der Waals surface area contributed by atoms with Crippen molar-refractivity contribution >= 4 is 33.0 Å². The number of carbonyl (C=O) groups is 1. The van der Waals surface area contributed by atoms with E-state index in [2.05, 4.69) is 10.3 Å². The van der Waals surface area contributed by atoms with Crippen LogP contribution in [-0.4, -0.2) is 22.6 Å². The van der Waals surface area contributed by atoms with Crippen LogP contribution in [0.2, 0.25) is 0 Å². The number of aromatic nitrogens is 2. The first kappa shape index (κ1) is 19.1. The monoisotopic (exact) mass is 411 g/mol. The fraction of sp³-hybridized carbons (Fsp3) is 0.143. The number of thiophene rings is 1. The number of anilines is 1. The van der Waals surface area contributed by atoms with Crippen LogP contribution >= 0.6 is 11.3 Å². The van der Waals surface area contributed by atoms with Crippen molar-refractivity contribution in [3.05, 3.63) is 81.1 Å². The SMILES string of the molecule is COCc1c(C(=O)Nc2ccccc2-n2c(C)c[nH]c2=O)sc2cccc(F)c12. The minimum atomic E-state index is -0.389. The molecule has 4 rings (SSSR count). The van der Waals surface area contributed by atoms with Gasteiger partial charge in [0.15, 0.2) is 0 Å². The van der Waals surface area contributed by atoms with E-state index in [0.29, 0.717) is 37.6 Å². The predicted molar refractivity (Wildman–Crippen MR) is 112 cm³/mol. The van der Waals surface area contributed by atoms with Crippen molar-refractivity contribution in [3.63, 3.8) is 0 Å². The second-order valence-corrected chi connectivity index (χ2v) is 7.55. The predicted octanol–water partition coefficient (Wildman–Crippen LogP) is 4.23. The largest absolute Gasteiger partial charge is 0.380 e. The number of H-pyrrole nitrogens is 1. The molecular formula is C21H18FN3O3S. The number of methoxy groups -OCH3 is 1. The number of imidazole rings is 1. The Bertz CT molecular complexity index is 1270. The van der Waals surface area contributed by atoms with Gasteiger partial charge < -0.3 is 15.0 Å². The number of carbonyl (C=O) groups excluding carboxylic acids is 1. The van der Waals surface area contributed by atoms with Gasteiger partial charge in [0.05, 0.1) is 22.9 Å². The van der Waals surface area contributed by atoms with E-state index in [-0.39, 0.29) is 24.0 Å². The van der Waals surface area contributed by atoms with Crippen molar-refractivity contribution < 1.29 is 13.9 Å². The van der Waals surface area contributed by atoms with Crippen LogP contribution in [0.3, 0.4) is 0 Å². The number of hydrogen-bond acceptors (Lipinski definition) is 4. The van der Waals surface area contributed by atoms with Gasteiger partial charge in [-0.15, -0.1) is 11.3 Å². The van der Waals surface area contributed by atoms with E-state index in [1.165, 1.54) is 29.1 Å². The second kappa shape index (κ2) is 7.65. The Morgan fingerprint density at radius 2 is 2.03 bits per heavy atom. The number of amides is 1. The lowest BCUT2D eigenvalue weighted by atomic mass is 10.1. The maximum absolute atomic E-state index is 14.4.